The Morgan fingerprint density at radius 1 is 0.742 bits per heavy atom. The molecule has 0 radical (unpaired) electrons. The Kier molecular flexibility index (Phi) is 4.89. The lowest BCUT2D eigenvalue weighted by Crippen LogP contribution is -2.86. The van der Waals surface area contributed by atoms with Gasteiger partial charge in [0.25, 0.3) is 5.91 Å². The second-order valence-corrected chi connectivity index (χ2v) is 7.25. The minimum absolute atomic E-state index is 0.0156. The van der Waals surface area contributed by atoms with Gasteiger partial charge in [0, 0.05) is 10.9 Å². The highest BCUT2D eigenvalue weighted by Gasteiger charge is 3.02. The number of alkyl halides is 11. The van der Waals surface area contributed by atoms with Gasteiger partial charge in [-0.15, -0.1) is 11.3 Å². The molecule has 3 nitrogen and oxygen atoms in total. The second-order valence-electron chi connectivity index (χ2n) is 6.39. The van der Waals surface area contributed by atoms with Gasteiger partial charge in [-0.3, -0.25) is 10.1 Å². The van der Waals surface area contributed by atoms with Gasteiger partial charge in [0.2, 0.25) is 0 Å². The van der Waals surface area contributed by atoms with Gasteiger partial charge in [-0.05, 0) is 0 Å². The third-order valence-electron chi connectivity index (χ3n) is 4.55. The summed E-state index contributed by atoms with van der Waals surface area (Å²) in [6.45, 7) is 0. The van der Waals surface area contributed by atoms with Crippen LogP contribution in [0.1, 0.15) is 0 Å². The zero-order valence-corrected chi connectivity index (χ0v) is 15.2. The molecule has 31 heavy (non-hydrogen) atoms. The van der Waals surface area contributed by atoms with Gasteiger partial charge in [-0.2, -0.15) is 43.9 Å². The van der Waals surface area contributed by atoms with Gasteiger partial charge in [0.1, 0.15) is 0 Å². The van der Waals surface area contributed by atoms with Gasteiger partial charge in [0.05, 0.1) is 5.69 Å². The molecule has 3 rings (SSSR count). The smallest absolute Gasteiger partial charge is 0.299 e. The Morgan fingerprint density at radius 3 is 1.68 bits per heavy atom. The van der Waals surface area contributed by atoms with Crippen molar-refractivity contribution < 1.29 is 53.1 Å². The fraction of sp³-hybridized carbons (Fsp3) is 0.375. The number of nitrogens with one attached hydrogen (secondary N) is 1. The highest BCUT2D eigenvalue weighted by atomic mass is 32.1. The van der Waals surface area contributed by atoms with Crippen molar-refractivity contribution in [3.05, 3.63) is 35.7 Å². The van der Waals surface area contributed by atoms with E-state index < -0.39 is 46.3 Å². The van der Waals surface area contributed by atoms with E-state index >= 15 is 0 Å². The van der Waals surface area contributed by atoms with Gasteiger partial charge < -0.3 is 0 Å². The number of amides is 1. The van der Waals surface area contributed by atoms with E-state index in [2.05, 4.69) is 4.98 Å². The zero-order chi connectivity index (χ0) is 23.7. The summed E-state index contributed by atoms with van der Waals surface area (Å²) in [4.78, 5) is 15.4. The van der Waals surface area contributed by atoms with Crippen LogP contribution < -0.4 is 5.32 Å². The fourth-order valence-electron chi connectivity index (χ4n) is 2.76. The van der Waals surface area contributed by atoms with Gasteiger partial charge in [-0.25, -0.2) is 9.37 Å². The maximum Gasteiger partial charge on any atom is 0.384 e. The molecule has 1 heterocycles. The first-order valence-electron chi connectivity index (χ1n) is 7.87. The Bertz CT molecular complexity index is 976. The normalized spacial score (nSPS) is 24.4. The summed E-state index contributed by atoms with van der Waals surface area (Å²) < 4.78 is 151. The Morgan fingerprint density at radius 2 is 1.19 bits per heavy atom. The number of benzene rings is 1. The topological polar surface area (TPSA) is 42.0 Å². The summed E-state index contributed by atoms with van der Waals surface area (Å²) in [7, 11) is 0. The number of nitrogens with zero attached hydrogens (tertiary/aromatic N) is 1. The molecule has 0 spiro atoms. The maximum absolute atomic E-state index is 14.6. The van der Waals surface area contributed by atoms with Crippen molar-refractivity contribution in [2.75, 3.05) is 5.32 Å². The molecular formula is C16H7F11N2OS. The summed E-state index contributed by atoms with van der Waals surface area (Å²) in [6, 6.07) is 7.50. The molecule has 2 aromatic rings. The van der Waals surface area contributed by atoms with E-state index in [1.807, 2.05) is 0 Å². The van der Waals surface area contributed by atoms with E-state index in [0.29, 0.717) is 16.9 Å². The quantitative estimate of drug-likeness (QED) is 0.573. The number of thiazole rings is 1. The van der Waals surface area contributed by atoms with Crippen molar-refractivity contribution in [3.63, 3.8) is 0 Å². The molecule has 1 aromatic carbocycles. The van der Waals surface area contributed by atoms with Crippen LogP contribution in [0.4, 0.5) is 53.4 Å². The molecule has 0 bridgehead atoms. The van der Waals surface area contributed by atoms with E-state index in [9.17, 15) is 53.1 Å². The third-order valence-corrected chi connectivity index (χ3v) is 5.31. The molecule has 0 aliphatic heterocycles. The van der Waals surface area contributed by atoms with Crippen LogP contribution in [0, 0.1) is 0 Å². The molecule has 1 saturated carbocycles. The van der Waals surface area contributed by atoms with E-state index in [-0.39, 0.29) is 5.69 Å². The molecule has 0 atom stereocenters. The van der Waals surface area contributed by atoms with E-state index in [0.717, 1.165) is 10.7 Å². The summed E-state index contributed by atoms with van der Waals surface area (Å²) in [5, 5.41) is 1.16. The maximum atomic E-state index is 14.6. The van der Waals surface area contributed by atoms with Gasteiger partial charge >= 0.3 is 35.3 Å². The van der Waals surface area contributed by atoms with Crippen LogP contribution in [0.15, 0.2) is 35.7 Å². The van der Waals surface area contributed by atoms with Crippen molar-refractivity contribution in [2.45, 2.75) is 35.3 Å². The monoisotopic (exact) mass is 484 g/mol. The third kappa shape index (κ3) is 2.64. The summed E-state index contributed by atoms with van der Waals surface area (Å²) >= 11 is 0.313. The van der Waals surface area contributed by atoms with Gasteiger partial charge in [-0.1, -0.05) is 30.3 Å². The second kappa shape index (κ2) is 6.53. The standard InChI is InChI=1S/C16H7F11N2OS/c17-11(9(30)29-10-28-8(6-31-10)7-4-2-1-3-5-7)12(18,19)14(22,23)16(26,27)15(24,25)13(11,20)21/h1-6H,(H,28,29,30). The first-order valence-corrected chi connectivity index (χ1v) is 8.75. The predicted octanol–water partition coefficient (Wildman–Crippen LogP) is 5.65. The lowest BCUT2D eigenvalue weighted by atomic mass is 9.71. The number of hydrogen-bond donors (Lipinski definition) is 1. The average Bonchev–Trinajstić information content (AvgIpc) is 3.14. The largest absolute Gasteiger partial charge is 0.384 e. The van der Waals surface area contributed by atoms with E-state index in [4.69, 9.17) is 0 Å². The molecular weight excluding hydrogens is 477 g/mol. The Labute approximate surface area is 168 Å². The molecule has 170 valence electrons. The molecule has 15 heteroatoms. The molecule has 1 aromatic heterocycles. The van der Waals surface area contributed by atoms with Crippen LogP contribution >= 0.6 is 11.3 Å². The first kappa shape index (κ1) is 23.2. The van der Waals surface area contributed by atoms with Crippen LogP contribution in [-0.4, -0.2) is 46.2 Å². The molecule has 1 amide bonds. The number of carbonyl (C=O) groups excluding carboxylic acids is 1. The minimum Gasteiger partial charge on any atom is -0.299 e. The Hall–Kier alpha value is -2.45. The fourth-order valence-corrected chi connectivity index (χ4v) is 3.48. The number of carbonyl (C=O) groups is 1. The molecule has 1 N–H and O–H groups in total. The number of anilines is 1. The number of aromatic nitrogens is 1. The number of rotatable bonds is 3. The van der Waals surface area contributed by atoms with Crippen LogP contribution in [0.25, 0.3) is 11.3 Å². The highest BCUT2D eigenvalue weighted by molar-refractivity contribution is 7.14. The number of halogens is 11. The molecule has 1 fully saturated rings. The molecule has 1 aliphatic carbocycles. The Balaban J connectivity index is 2.05. The summed E-state index contributed by atoms with van der Waals surface area (Å²) in [6.07, 6.45) is 0. The van der Waals surface area contributed by atoms with Crippen LogP contribution in [0.2, 0.25) is 0 Å². The summed E-state index contributed by atoms with van der Waals surface area (Å²) in [5.74, 6) is -40.0. The predicted molar refractivity (Wildman–Crippen MR) is 84.8 cm³/mol. The van der Waals surface area contributed by atoms with Crippen molar-refractivity contribution in [3.8, 4) is 11.3 Å². The van der Waals surface area contributed by atoms with E-state index in [1.165, 1.54) is 24.3 Å². The first-order chi connectivity index (χ1) is 14.0. The lowest BCUT2D eigenvalue weighted by molar-refractivity contribution is -0.475. The average molecular weight is 484 g/mol. The molecule has 1 aliphatic rings. The van der Waals surface area contributed by atoms with Gasteiger partial charge in [0.15, 0.2) is 5.13 Å². The van der Waals surface area contributed by atoms with Crippen LogP contribution in [0.5, 0.6) is 0 Å². The van der Waals surface area contributed by atoms with E-state index in [1.54, 1.807) is 6.07 Å². The SMILES string of the molecule is O=C(Nc1nc(-c2ccccc2)cs1)C1(F)C(F)(F)C(F)(F)C(F)(F)C(F)(F)C1(F)F. The lowest BCUT2D eigenvalue weighted by Gasteiger charge is -2.51. The minimum atomic E-state index is -7.38. The molecule has 0 saturated heterocycles. The van der Waals surface area contributed by atoms with Crippen LogP contribution in [-0.2, 0) is 4.79 Å². The van der Waals surface area contributed by atoms with Crippen molar-refractivity contribution >= 4 is 22.4 Å². The van der Waals surface area contributed by atoms with Crippen molar-refractivity contribution in [2.24, 2.45) is 0 Å². The summed E-state index contributed by atoms with van der Waals surface area (Å²) in [5.41, 5.74) is -6.44. The highest BCUT2D eigenvalue weighted by Crippen LogP contribution is 2.69. The van der Waals surface area contributed by atoms with Crippen molar-refractivity contribution in [1.29, 1.82) is 0 Å². The van der Waals surface area contributed by atoms with Crippen LogP contribution in [0.3, 0.4) is 0 Å². The zero-order valence-electron chi connectivity index (χ0n) is 14.4. The molecule has 0 unspecified atom stereocenters. The van der Waals surface area contributed by atoms with Crippen molar-refractivity contribution in [1.82, 2.24) is 4.98 Å². The number of hydrogen-bond acceptors (Lipinski definition) is 3.